The molecule has 4 rings (SSSR count). The number of hydrogen-bond donors (Lipinski definition) is 2. The Kier molecular flexibility index (Phi) is 7.86. The molecule has 2 N–H and O–H groups in total. The quantitative estimate of drug-likeness (QED) is 0.452. The number of ether oxygens (including phenoxy) is 1. The lowest BCUT2D eigenvalue weighted by atomic mass is 10.1. The van der Waals surface area contributed by atoms with Crippen LogP contribution in [-0.4, -0.2) is 62.2 Å². The van der Waals surface area contributed by atoms with Gasteiger partial charge in [-0.05, 0) is 31.9 Å². The molecule has 0 saturated carbocycles. The van der Waals surface area contributed by atoms with Gasteiger partial charge in [-0.15, -0.1) is 0 Å². The zero-order valence-corrected chi connectivity index (χ0v) is 19.5. The molecule has 1 atom stereocenters. The Morgan fingerprint density at radius 2 is 2.06 bits per heavy atom. The second kappa shape index (κ2) is 11.4. The molecule has 0 spiro atoms. The number of aromatic nitrogens is 4. The summed E-state index contributed by atoms with van der Waals surface area (Å²) in [5.41, 5.74) is 1.66. The Balaban J connectivity index is 1.21. The fraction of sp³-hybridized carbons (Fsp3) is 0.375. The lowest BCUT2D eigenvalue weighted by molar-refractivity contribution is -0.134. The van der Waals surface area contributed by atoms with E-state index in [2.05, 4.69) is 25.7 Å². The van der Waals surface area contributed by atoms with Crippen LogP contribution in [0.5, 0.6) is 5.75 Å². The van der Waals surface area contributed by atoms with Crippen LogP contribution in [-0.2, 0) is 16.1 Å². The summed E-state index contributed by atoms with van der Waals surface area (Å²) in [6.07, 6.45) is 6.25. The first-order valence-electron chi connectivity index (χ1n) is 11.5. The maximum absolute atomic E-state index is 13.1. The van der Waals surface area contributed by atoms with Crippen molar-refractivity contribution in [2.45, 2.75) is 38.8 Å². The van der Waals surface area contributed by atoms with Gasteiger partial charge >= 0.3 is 0 Å². The minimum Gasteiger partial charge on any atom is -0.489 e. The number of amides is 2. The van der Waals surface area contributed by atoms with Crippen molar-refractivity contribution in [1.29, 1.82) is 0 Å². The second-order valence-electron chi connectivity index (χ2n) is 8.39. The molecule has 2 aromatic heterocycles. The first-order valence-corrected chi connectivity index (χ1v) is 11.5. The van der Waals surface area contributed by atoms with Gasteiger partial charge in [0, 0.05) is 38.0 Å². The third-order valence-electron chi connectivity index (χ3n) is 5.53. The van der Waals surface area contributed by atoms with Crippen LogP contribution < -0.4 is 15.4 Å². The predicted octanol–water partition coefficient (Wildman–Crippen LogP) is 2.63. The van der Waals surface area contributed by atoms with Gasteiger partial charge in [0.2, 0.25) is 23.7 Å². The number of aryl methyl sites for hydroxylation is 1. The maximum atomic E-state index is 13.1. The van der Waals surface area contributed by atoms with E-state index in [-0.39, 0.29) is 43.4 Å². The lowest BCUT2D eigenvalue weighted by Crippen LogP contribution is -2.45. The van der Waals surface area contributed by atoms with Gasteiger partial charge in [-0.3, -0.25) is 14.3 Å². The topological polar surface area (TPSA) is 114 Å². The number of likely N-dealkylation sites (tertiary alicyclic amines) is 1. The third-order valence-corrected chi connectivity index (χ3v) is 5.53. The third kappa shape index (κ3) is 7.23. The van der Waals surface area contributed by atoms with Crippen molar-refractivity contribution in [2.75, 3.05) is 30.3 Å². The van der Waals surface area contributed by atoms with Crippen molar-refractivity contribution in [2.24, 2.45) is 0 Å². The molecule has 3 heterocycles. The number of nitrogens with one attached hydrogen (secondary N) is 2. The van der Waals surface area contributed by atoms with Gasteiger partial charge in [0.25, 0.3) is 0 Å². The average molecular weight is 482 g/mol. The summed E-state index contributed by atoms with van der Waals surface area (Å²) >= 11 is 0. The van der Waals surface area contributed by atoms with E-state index in [0.717, 1.165) is 24.7 Å². The summed E-state index contributed by atoms with van der Waals surface area (Å²) < 4.78 is 20.6. The molecule has 2 amide bonds. The molecular weight excluding hydrogens is 453 g/mol. The first kappa shape index (κ1) is 24.1. The fourth-order valence-electron chi connectivity index (χ4n) is 3.76. The Hall–Kier alpha value is -4.02. The molecule has 11 heteroatoms. The zero-order valence-electron chi connectivity index (χ0n) is 19.5. The molecule has 1 fully saturated rings. The van der Waals surface area contributed by atoms with Crippen LogP contribution in [0.3, 0.4) is 0 Å². The van der Waals surface area contributed by atoms with Crippen LogP contribution in [0.15, 0.2) is 48.9 Å². The van der Waals surface area contributed by atoms with E-state index in [1.807, 2.05) is 31.2 Å². The highest BCUT2D eigenvalue weighted by Crippen LogP contribution is 2.19. The summed E-state index contributed by atoms with van der Waals surface area (Å²) in [5.74, 6) is -0.0310. The van der Waals surface area contributed by atoms with E-state index in [1.165, 1.54) is 22.6 Å². The fourth-order valence-corrected chi connectivity index (χ4v) is 3.76. The highest BCUT2D eigenvalue weighted by Gasteiger charge is 2.25. The normalized spacial score (nSPS) is 15.5. The minimum atomic E-state index is -0.646. The van der Waals surface area contributed by atoms with Crippen LogP contribution in [0.2, 0.25) is 0 Å². The number of rotatable bonds is 9. The van der Waals surface area contributed by atoms with Crippen molar-refractivity contribution in [3.63, 3.8) is 0 Å². The van der Waals surface area contributed by atoms with Gasteiger partial charge < -0.3 is 20.3 Å². The van der Waals surface area contributed by atoms with Gasteiger partial charge in [0.1, 0.15) is 18.4 Å². The molecule has 0 aliphatic carbocycles. The number of hydrogen-bond acceptors (Lipinski definition) is 7. The van der Waals surface area contributed by atoms with Crippen LogP contribution in [0, 0.1) is 12.9 Å². The molecule has 0 bridgehead atoms. The van der Waals surface area contributed by atoms with Crippen molar-refractivity contribution in [1.82, 2.24) is 24.6 Å². The van der Waals surface area contributed by atoms with Crippen LogP contribution >= 0.6 is 0 Å². The summed E-state index contributed by atoms with van der Waals surface area (Å²) in [4.78, 5) is 34.2. The van der Waals surface area contributed by atoms with Gasteiger partial charge in [-0.2, -0.15) is 14.5 Å². The Labute approximate surface area is 202 Å². The average Bonchev–Trinajstić information content (AvgIpc) is 3.27. The molecular formula is C24H28FN7O3. The summed E-state index contributed by atoms with van der Waals surface area (Å²) in [6.45, 7) is 3.55. The van der Waals surface area contributed by atoms with Crippen molar-refractivity contribution in [3.05, 3.63) is 60.4 Å². The smallest absolute Gasteiger partial charge is 0.244 e. The standard InChI is InChI=1S/C24H28FN7O3/c1-17-4-6-19(7-5-17)35-20-3-2-12-31(15-20)23(34)16-32-14-18(13-28-32)29-22(33)9-11-27-24-26-10-8-21(25)30-24/h4-8,10,13-14,20H,2-3,9,11-12,15-16H2,1H3,(H,29,33)(H,26,27,30)/t20-/m0/s1. The van der Waals surface area contributed by atoms with E-state index < -0.39 is 5.95 Å². The largest absolute Gasteiger partial charge is 0.489 e. The Morgan fingerprint density at radius 1 is 1.23 bits per heavy atom. The molecule has 10 nitrogen and oxygen atoms in total. The number of anilines is 2. The van der Waals surface area contributed by atoms with Gasteiger partial charge in [0.05, 0.1) is 18.4 Å². The summed E-state index contributed by atoms with van der Waals surface area (Å²) in [7, 11) is 0. The number of piperidine rings is 1. The number of carbonyl (C=O) groups excluding carboxylic acids is 2. The van der Waals surface area contributed by atoms with E-state index in [4.69, 9.17) is 4.74 Å². The summed E-state index contributed by atoms with van der Waals surface area (Å²) in [5, 5.41) is 9.70. The Bertz CT molecular complexity index is 1150. The summed E-state index contributed by atoms with van der Waals surface area (Å²) in [6, 6.07) is 9.04. The molecule has 1 aliphatic heterocycles. The molecule has 1 saturated heterocycles. The van der Waals surface area contributed by atoms with E-state index >= 15 is 0 Å². The van der Waals surface area contributed by atoms with E-state index in [0.29, 0.717) is 18.8 Å². The SMILES string of the molecule is Cc1ccc(O[C@H]2CCCN(C(=O)Cn3cc(NC(=O)CCNc4nccc(F)n4)cn3)C2)cc1. The second-order valence-corrected chi connectivity index (χ2v) is 8.39. The van der Waals surface area contributed by atoms with Crippen molar-refractivity contribution >= 4 is 23.5 Å². The van der Waals surface area contributed by atoms with Crippen molar-refractivity contribution < 1.29 is 18.7 Å². The molecule has 184 valence electrons. The van der Waals surface area contributed by atoms with Gasteiger partial charge in [-0.1, -0.05) is 17.7 Å². The van der Waals surface area contributed by atoms with E-state index in [1.54, 1.807) is 11.1 Å². The molecule has 3 aromatic rings. The van der Waals surface area contributed by atoms with Crippen LogP contribution in [0.4, 0.5) is 16.0 Å². The molecule has 0 radical (unpaired) electrons. The van der Waals surface area contributed by atoms with Crippen molar-refractivity contribution in [3.8, 4) is 5.75 Å². The van der Waals surface area contributed by atoms with Gasteiger partial charge in [-0.25, -0.2) is 4.98 Å². The van der Waals surface area contributed by atoms with Crippen LogP contribution in [0.1, 0.15) is 24.8 Å². The number of halogens is 1. The molecule has 0 unspecified atom stereocenters. The van der Waals surface area contributed by atoms with Gasteiger partial charge in [0.15, 0.2) is 0 Å². The highest BCUT2D eigenvalue weighted by atomic mass is 19.1. The predicted molar refractivity (Wildman–Crippen MR) is 127 cm³/mol. The lowest BCUT2D eigenvalue weighted by Gasteiger charge is -2.33. The molecule has 35 heavy (non-hydrogen) atoms. The number of carbonyl (C=O) groups is 2. The monoisotopic (exact) mass is 481 g/mol. The minimum absolute atomic E-state index is 0.0470. The highest BCUT2D eigenvalue weighted by molar-refractivity contribution is 5.90. The molecule has 1 aliphatic rings. The first-order chi connectivity index (χ1) is 16.9. The van der Waals surface area contributed by atoms with E-state index in [9.17, 15) is 14.0 Å². The zero-order chi connectivity index (χ0) is 24.6. The van der Waals surface area contributed by atoms with Crippen LogP contribution in [0.25, 0.3) is 0 Å². The molecule has 1 aromatic carbocycles. The maximum Gasteiger partial charge on any atom is 0.244 e. The number of nitrogens with zero attached hydrogens (tertiary/aromatic N) is 5. The Morgan fingerprint density at radius 3 is 2.86 bits per heavy atom. The number of benzene rings is 1.